The van der Waals surface area contributed by atoms with Crippen LogP contribution in [-0.4, -0.2) is 0 Å². The van der Waals surface area contributed by atoms with Gasteiger partial charge < -0.3 is 4.42 Å². The molecule has 0 aromatic carbocycles. The van der Waals surface area contributed by atoms with Crippen LogP contribution in [0.4, 0.5) is 0 Å². The Balaban J connectivity index is 3.79. The number of allylic oxidation sites excluding steroid dienone is 1. The molecule has 0 atom stereocenters. The second kappa shape index (κ2) is 4.14. The van der Waals surface area contributed by atoms with Crippen molar-refractivity contribution in [1.82, 2.24) is 0 Å². The van der Waals surface area contributed by atoms with Crippen molar-refractivity contribution in [2.45, 2.75) is 20.8 Å². The highest BCUT2D eigenvalue weighted by Crippen LogP contribution is 2.03. The molecule has 14 heavy (non-hydrogen) atoms. The molecule has 1 aromatic rings. The summed E-state index contributed by atoms with van der Waals surface area (Å²) < 4.78 is 5.63. The van der Waals surface area contributed by atoms with Gasteiger partial charge in [-0.3, -0.25) is 0 Å². The minimum Gasteiger partial charge on any atom is -0.456 e. The van der Waals surface area contributed by atoms with Crippen molar-refractivity contribution in [3.63, 3.8) is 0 Å². The third-order valence-corrected chi connectivity index (χ3v) is 2.17. The molecule has 0 aliphatic rings. The van der Waals surface area contributed by atoms with Gasteiger partial charge in [-0.15, -0.1) is 0 Å². The lowest BCUT2D eigenvalue weighted by Crippen LogP contribution is -2.23. The summed E-state index contributed by atoms with van der Waals surface area (Å²) in [5, 5.41) is 1.17. The maximum Gasteiger partial charge on any atom is 0.134 e. The zero-order valence-electron chi connectivity index (χ0n) is 9.05. The Morgan fingerprint density at radius 1 is 1.29 bits per heavy atom. The molecule has 0 aliphatic heterocycles. The summed E-state index contributed by atoms with van der Waals surface area (Å²) in [5.74, 6) is 0.842. The predicted octanol–water partition coefficient (Wildman–Crippen LogP) is 2.39. The van der Waals surface area contributed by atoms with Crippen LogP contribution in [0.3, 0.4) is 0 Å². The third kappa shape index (κ3) is 1.72. The fourth-order valence-electron chi connectivity index (χ4n) is 1.59. The number of furan rings is 1. The van der Waals surface area contributed by atoms with E-state index < -0.39 is 0 Å². The molecule has 0 spiro atoms. The second-order valence-corrected chi connectivity index (χ2v) is 3.44. The molecule has 0 aliphatic carbocycles. The van der Waals surface area contributed by atoms with Crippen LogP contribution in [0.25, 0.3) is 17.7 Å². The van der Waals surface area contributed by atoms with Crippen molar-refractivity contribution < 1.29 is 4.42 Å². The molecule has 1 heterocycles. The van der Waals surface area contributed by atoms with Gasteiger partial charge in [0.05, 0.1) is 0 Å². The molecule has 0 fully saturated rings. The largest absolute Gasteiger partial charge is 0.456 e. The van der Waals surface area contributed by atoms with Crippen molar-refractivity contribution in [2.75, 3.05) is 0 Å². The van der Waals surface area contributed by atoms with Gasteiger partial charge in [-0.25, -0.2) is 0 Å². The summed E-state index contributed by atoms with van der Waals surface area (Å²) in [6, 6.07) is 0. The van der Waals surface area contributed by atoms with Gasteiger partial charge in [0.2, 0.25) is 0 Å². The van der Waals surface area contributed by atoms with Gasteiger partial charge in [0.1, 0.15) is 11.2 Å². The molecule has 0 saturated heterocycles. The minimum absolute atomic E-state index is 0.842. The molecule has 74 valence electrons. The van der Waals surface area contributed by atoms with Crippen LogP contribution < -0.4 is 10.6 Å². The van der Waals surface area contributed by atoms with Gasteiger partial charge >= 0.3 is 0 Å². The highest BCUT2D eigenvalue weighted by molar-refractivity contribution is 5.52. The Labute approximate surface area is 84.8 Å². The van der Waals surface area contributed by atoms with Gasteiger partial charge in [0.25, 0.3) is 0 Å². The standard InChI is InChI=1S/C13H16O/c1-6-8-12-13(9(3)4)10(5)11(7-2)14-12/h6-8H,1-2H2,3-5H3/b12-8+. The lowest BCUT2D eigenvalue weighted by molar-refractivity contribution is 0.520. The van der Waals surface area contributed by atoms with Crippen LogP contribution in [0.5, 0.6) is 0 Å². The second-order valence-electron chi connectivity index (χ2n) is 3.44. The van der Waals surface area contributed by atoms with E-state index in [2.05, 4.69) is 27.0 Å². The Hall–Kier alpha value is -1.50. The third-order valence-electron chi connectivity index (χ3n) is 2.17. The monoisotopic (exact) mass is 188 g/mol. The van der Waals surface area contributed by atoms with Gasteiger partial charge in [-0.05, 0) is 32.9 Å². The fourth-order valence-corrected chi connectivity index (χ4v) is 1.59. The van der Waals surface area contributed by atoms with Crippen LogP contribution in [-0.2, 0) is 0 Å². The number of hydrogen-bond donors (Lipinski definition) is 0. The number of hydrogen-bond acceptors (Lipinski definition) is 1. The molecule has 1 rings (SSSR count). The van der Waals surface area contributed by atoms with Gasteiger partial charge in [-0.2, -0.15) is 0 Å². The van der Waals surface area contributed by atoms with Crippen LogP contribution in [0.15, 0.2) is 23.7 Å². The molecule has 1 heteroatoms. The Kier molecular flexibility index (Phi) is 3.13. The van der Waals surface area contributed by atoms with Crippen molar-refractivity contribution in [1.29, 1.82) is 0 Å². The summed E-state index contributed by atoms with van der Waals surface area (Å²) in [7, 11) is 0. The van der Waals surface area contributed by atoms with E-state index in [9.17, 15) is 0 Å². The summed E-state index contributed by atoms with van der Waals surface area (Å²) in [6.07, 6.45) is 5.35. The first-order valence-electron chi connectivity index (χ1n) is 4.64. The van der Waals surface area contributed by atoms with Crippen LogP contribution >= 0.6 is 0 Å². The first-order chi connectivity index (χ1) is 6.61. The van der Waals surface area contributed by atoms with Gasteiger partial charge in [0, 0.05) is 10.8 Å². The van der Waals surface area contributed by atoms with Crippen molar-refractivity contribution in [3.05, 3.63) is 41.2 Å². The highest BCUT2D eigenvalue weighted by atomic mass is 16.3. The smallest absolute Gasteiger partial charge is 0.134 e. The van der Waals surface area contributed by atoms with E-state index in [1.165, 1.54) is 10.8 Å². The molecule has 0 bridgehead atoms. The molecule has 1 aromatic heterocycles. The van der Waals surface area contributed by atoms with E-state index in [4.69, 9.17) is 4.42 Å². The Morgan fingerprint density at radius 3 is 2.36 bits per heavy atom. The molecule has 0 N–H and O–H groups in total. The molecule has 0 unspecified atom stereocenters. The van der Waals surface area contributed by atoms with E-state index >= 15 is 0 Å². The average Bonchev–Trinajstić information content (AvgIpc) is 2.43. The molecule has 0 saturated carbocycles. The van der Waals surface area contributed by atoms with E-state index in [1.807, 2.05) is 13.0 Å². The normalized spacial score (nSPS) is 11.5. The summed E-state index contributed by atoms with van der Waals surface area (Å²) >= 11 is 0. The maximum absolute atomic E-state index is 5.63. The van der Waals surface area contributed by atoms with Crippen LogP contribution in [0.1, 0.15) is 25.2 Å². The quantitative estimate of drug-likeness (QED) is 0.694. The molecular weight excluding hydrogens is 172 g/mol. The number of rotatable bonds is 2. The summed E-state index contributed by atoms with van der Waals surface area (Å²) in [5.41, 5.74) is 3.26. The zero-order valence-corrected chi connectivity index (χ0v) is 9.05. The molecule has 0 radical (unpaired) electrons. The van der Waals surface area contributed by atoms with Gasteiger partial charge in [0.15, 0.2) is 0 Å². The van der Waals surface area contributed by atoms with Gasteiger partial charge in [-0.1, -0.05) is 24.8 Å². The maximum atomic E-state index is 5.63. The summed E-state index contributed by atoms with van der Waals surface area (Å²) in [6.45, 7) is 13.6. The minimum atomic E-state index is 0.842. The SMILES string of the molecule is C=C/C=c1/oc(C=C)c(C)c1=C(C)C. The predicted molar refractivity (Wildman–Crippen MR) is 62.2 cm³/mol. The molecular formula is C13H16O. The highest BCUT2D eigenvalue weighted by Gasteiger charge is 2.03. The Morgan fingerprint density at radius 2 is 1.93 bits per heavy atom. The van der Waals surface area contributed by atoms with Crippen LogP contribution in [0, 0.1) is 6.92 Å². The van der Waals surface area contributed by atoms with Crippen molar-refractivity contribution in [3.8, 4) is 0 Å². The zero-order chi connectivity index (χ0) is 10.7. The topological polar surface area (TPSA) is 13.1 Å². The van der Waals surface area contributed by atoms with E-state index in [0.29, 0.717) is 0 Å². The van der Waals surface area contributed by atoms with E-state index in [1.54, 1.807) is 12.2 Å². The van der Waals surface area contributed by atoms with E-state index in [-0.39, 0.29) is 0 Å². The Bertz CT molecular complexity index is 468. The first kappa shape index (κ1) is 10.6. The molecule has 1 nitrogen and oxygen atoms in total. The summed E-state index contributed by atoms with van der Waals surface area (Å²) in [4.78, 5) is 0. The average molecular weight is 188 g/mol. The lowest BCUT2D eigenvalue weighted by Gasteiger charge is -1.88. The van der Waals surface area contributed by atoms with E-state index in [0.717, 1.165) is 16.7 Å². The molecule has 0 amide bonds. The first-order valence-corrected chi connectivity index (χ1v) is 4.64. The van der Waals surface area contributed by atoms with Crippen molar-refractivity contribution >= 4 is 17.7 Å². The fraction of sp³-hybridized carbons (Fsp3) is 0.231. The van der Waals surface area contributed by atoms with Crippen molar-refractivity contribution in [2.24, 2.45) is 0 Å². The lowest BCUT2D eigenvalue weighted by atomic mass is 10.1. The van der Waals surface area contributed by atoms with Crippen LogP contribution in [0.2, 0.25) is 0 Å².